The van der Waals surface area contributed by atoms with Crippen molar-refractivity contribution in [3.63, 3.8) is 0 Å². The normalized spacial score (nSPS) is 11.5. The molecule has 0 N–H and O–H groups in total. The topological polar surface area (TPSA) is 0 Å². The highest BCUT2D eigenvalue weighted by Crippen LogP contribution is 2.52. The molecule has 0 fully saturated rings. The first-order chi connectivity index (χ1) is 73.4. The third-order valence-electron chi connectivity index (χ3n) is 30.5. The molecular weight excluding hydrogens is 1780 g/mol. The van der Waals surface area contributed by atoms with E-state index in [-0.39, 0.29) is 0 Å². The van der Waals surface area contributed by atoms with Gasteiger partial charge in [0.1, 0.15) is 0 Å². The summed E-state index contributed by atoms with van der Waals surface area (Å²) in [4.78, 5) is 0. The first-order valence-corrected chi connectivity index (χ1v) is 51.3. The summed E-state index contributed by atoms with van der Waals surface area (Å²) in [6, 6.07) is 213. The lowest BCUT2D eigenvalue weighted by Crippen LogP contribution is -1.92. The lowest BCUT2D eigenvalue weighted by molar-refractivity contribution is 1.61. The van der Waals surface area contributed by atoms with Gasteiger partial charge in [0.2, 0.25) is 0 Å². The monoisotopic (exact) mass is 1870 g/mol. The minimum Gasteiger partial charge on any atom is -0.0622 e. The molecule has 0 aliphatic rings. The molecule has 0 atom stereocenters. The minimum atomic E-state index is 1.22. The Morgan fingerprint density at radius 2 is 0.230 bits per heavy atom. The van der Waals surface area contributed by atoms with E-state index in [1.165, 1.54) is 285 Å². The Balaban J connectivity index is 0.000000110. The van der Waals surface area contributed by atoms with Crippen molar-refractivity contribution in [2.45, 2.75) is 0 Å². The molecule has 29 aromatic carbocycles. The second-order valence-electron chi connectivity index (χ2n) is 39.0. The first-order valence-electron chi connectivity index (χ1n) is 51.3. The SMILES string of the molecule is c1cc(-c2ccc3ccccc3c2)cc(-c2ccc3c(-c4c5ccccc5c(-c5ccc6ccccc6c5)c5ccccc45)cccc3c2)c1.c1ccc(-c2c3ccccc3c(-c3cccc4cc(-c5cccc(-c6ccc7ccccc7c6)c5)ccc34)c3ccccc23)cc1.c1ccc(-c2ccc(-c3c4ccccc4c(-c4cccc5cc(-c6cccc(-c7ccc8ccccc8c7)c6)ccc45)c4ccccc34)cc2)cc1. The van der Waals surface area contributed by atoms with Gasteiger partial charge in [0, 0.05) is 0 Å². The van der Waals surface area contributed by atoms with Crippen LogP contribution in [0.25, 0.3) is 285 Å². The second kappa shape index (κ2) is 37.9. The molecule has 0 spiro atoms. The number of fused-ring (bicyclic) bond motifs is 13. The van der Waals surface area contributed by atoms with Crippen molar-refractivity contribution in [2.75, 3.05) is 0 Å². The van der Waals surface area contributed by atoms with E-state index in [1.807, 2.05) is 0 Å². The summed E-state index contributed by atoms with van der Waals surface area (Å²) in [7, 11) is 0. The van der Waals surface area contributed by atoms with Crippen molar-refractivity contribution in [2.24, 2.45) is 0 Å². The summed E-state index contributed by atoms with van der Waals surface area (Å²) in [5.74, 6) is 0. The summed E-state index contributed by atoms with van der Waals surface area (Å²) in [5.41, 5.74) is 32.4. The van der Waals surface area contributed by atoms with Crippen LogP contribution >= 0.6 is 0 Å². The highest BCUT2D eigenvalue weighted by molar-refractivity contribution is 6.28. The van der Waals surface area contributed by atoms with Gasteiger partial charge in [0.25, 0.3) is 0 Å². The van der Waals surface area contributed by atoms with Gasteiger partial charge in [-0.25, -0.2) is 0 Å². The largest absolute Gasteiger partial charge is 0.0622 e. The van der Waals surface area contributed by atoms with Crippen molar-refractivity contribution < 1.29 is 0 Å². The van der Waals surface area contributed by atoms with Crippen LogP contribution in [0.15, 0.2) is 582 Å². The number of hydrogen-bond donors (Lipinski definition) is 0. The molecule has 688 valence electrons. The molecule has 0 radical (unpaired) electrons. The van der Waals surface area contributed by atoms with Crippen molar-refractivity contribution >= 4 is 140 Å². The Labute approximate surface area is 860 Å². The Morgan fingerprint density at radius 1 is 0.0676 bits per heavy atom. The molecule has 0 saturated heterocycles. The van der Waals surface area contributed by atoms with E-state index >= 15 is 0 Å². The van der Waals surface area contributed by atoms with Gasteiger partial charge in [0.15, 0.2) is 0 Å². The van der Waals surface area contributed by atoms with E-state index < -0.39 is 0 Å². The molecule has 0 aliphatic heterocycles. The number of hydrogen-bond acceptors (Lipinski definition) is 0. The van der Waals surface area contributed by atoms with Gasteiger partial charge in [-0.15, -0.1) is 0 Å². The Kier molecular flexibility index (Phi) is 22.5. The second-order valence-corrected chi connectivity index (χ2v) is 39.0. The zero-order chi connectivity index (χ0) is 97.9. The zero-order valence-electron chi connectivity index (χ0n) is 81.4. The van der Waals surface area contributed by atoms with Gasteiger partial charge >= 0.3 is 0 Å². The van der Waals surface area contributed by atoms with Crippen LogP contribution in [0.1, 0.15) is 0 Å². The molecule has 0 bridgehead atoms. The van der Waals surface area contributed by atoms with Crippen LogP contribution in [0.5, 0.6) is 0 Å². The Morgan fingerprint density at radius 3 is 0.514 bits per heavy atom. The molecule has 0 unspecified atom stereocenters. The highest BCUT2D eigenvalue weighted by Gasteiger charge is 2.25. The number of benzene rings is 29. The van der Waals surface area contributed by atoms with E-state index in [1.54, 1.807) is 0 Å². The average molecular weight is 1870 g/mol. The summed E-state index contributed by atoms with van der Waals surface area (Å²) in [5, 5.41) is 32.9. The van der Waals surface area contributed by atoms with E-state index in [9.17, 15) is 0 Å². The van der Waals surface area contributed by atoms with Crippen LogP contribution in [0.3, 0.4) is 0 Å². The van der Waals surface area contributed by atoms with Crippen LogP contribution in [-0.2, 0) is 0 Å². The van der Waals surface area contributed by atoms with E-state index in [2.05, 4.69) is 582 Å². The fourth-order valence-electron chi connectivity index (χ4n) is 23.4. The molecule has 0 amide bonds. The Hall–Kier alpha value is -19.2. The maximum absolute atomic E-state index is 2.35. The predicted molar refractivity (Wildman–Crippen MR) is 638 cm³/mol. The molecule has 0 aliphatic carbocycles. The molecule has 29 aromatic rings. The lowest BCUT2D eigenvalue weighted by atomic mass is 9.84. The third kappa shape index (κ3) is 16.2. The molecule has 0 heteroatoms. The quantitative estimate of drug-likeness (QED) is 0.101. The highest BCUT2D eigenvalue weighted by atomic mass is 14.3. The summed E-state index contributed by atoms with van der Waals surface area (Å²) >= 11 is 0. The van der Waals surface area contributed by atoms with Crippen LogP contribution in [0, 0.1) is 0 Å². The maximum atomic E-state index is 2.35. The molecule has 29 rings (SSSR count). The minimum absolute atomic E-state index is 1.22. The van der Waals surface area contributed by atoms with Crippen molar-refractivity contribution in [3.05, 3.63) is 582 Å². The van der Waals surface area contributed by atoms with Crippen LogP contribution in [0.4, 0.5) is 0 Å². The standard InChI is InChI=1S/C52H34.C50H32.C46H30/c1-2-12-35(13-3-1)37-24-27-38(28-25-37)51-47-19-6-8-21-49(47)52(50-22-9-7-20-48(50)51)46-23-11-18-44-34-43(30-31-45(44)46)41-17-10-16-40(33-41)42-29-26-36-14-4-5-15-39(36)32-42;1-3-13-35-29-39(25-23-33(35)11-1)37-15-9-16-38(30-37)40-27-28-43-41(31-40)17-10-22-44(43)50-47-20-7-5-18-45(47)49(46-19-6-8-21-48(46)50)42-26-24-34-12-2-4-14-36(34)32-42;1-2-13-32(14-3-1)45-41-19-6-8-21-43(41)46(44-22-9-7-20-42(44)45)40-23-11-18-38-30-37(26-27-39(38)40)35-17-10-16-34(29-35)36-25-24-31-12-4-5-15-33(31)28-36/h1-34H;1-32H;1-30H. The lowest BCUT2D eigenvalue weighted by Gasteiger charge is -2.19. The first kappa shape index (κ1) is 87.8. The van der Waals surface area contributed by atoms with Crippen molar-refractivity contribution in [3.8, 4) is 145 Å². The average Bonchev–Trinajstić information content (AvgIpc) is 0.745. The van der Waals surface area contributed by atoms with E-state index in [0.29, 0.717) is 0 Å². The molecule has 0 saturated carbocycles. The van der Waals surface area contributed by atoms with E-state index in [0.717, 1.165) is 0 Å². The van der Waals surface area contributed by atoms with Gasteiger partial charge in [-0.3, -0.25) is 0 Å². The summed E-state index contributed by atoms with van der Waals surface area (Å²) in [6.07, 6.45) is 0. The smallest absolute Gasteiger partial charge is 0.00201 e. The summed E-state index contributed by atoms with van der Waals surface area (Å²) < 4.78 is 0. The molecule has 0 aromatic heterocycles. The van der Waals surface area contributed by atoms with Crippen LogP contribution in [-0.4, -0.2) is 0 Å². The fourth-order valence-corrected chi connectivity index (χ4v) is 23.4. The van der Waals surface area contributed by atoms with Gasteiger partial charge in [-0.1, -0.05) is 522 Å². The van der Waals surface area contributed by atoms with Gasteiger partial charge in [-0.05, 0) is 345 Å². The number of rotatable bonds is 13. The molecular formula is C148H96. The van der Waals surface area contributed by atoms with Crippen molar-refractivity contribution in [1.29, 1.82) is 0 Å². The van der Waals surface area contributed by atoms with E-state index in [4.69, 9.17) is 0 Å². The van der Waals surface area contributed by atoms with Gasteiger partial charge in [0.05, 0.1) is 0 Å². The van der Waals surface area contributed by atoms with Gasteiger partial charge in [-0.2, -0.15) is 0 Å². The van der Waals surface area contributed by atoms with Crippen LogP contribution < -0.4 is 0 Å². The molecule has 0 heterocycles. The maximum Gasteiger partial charge on any atom is -0.00201 e. The van der Waals surface area contributed by atoms with Crippen molar-refractivity contribution in [1.82, 2.24) is 0 Å². The van der Waals surface area contributed by atoms with Gasteiger partial charge < -0.3 is 0 Å². The van der Waals surface area contributed by atoms with Crippen LogP contribution in [0.2, 0.25) is 0 Å². The molecule has 0 nitrogen and oxygen atoms in total. The Bertz CT molecular complexity index is 10100. The zero-order valence-corrected chi connectivity index (χ0v) is 81.4. The molecule has 148 heavy (non-hydrogen) atoms. The predicted octanol–water partition coefficient (Wildman–Crippen LogP) is 41.7. The third-order valence-corrected chi connectivity index (χ3v) is 30.5. The fraction of sp³-hybridized carbons (Fsp3) is 0. The summed E-state index contributed by atoms with van der Waals surface area (Å²) in [6.45, 7) is 0.